The van der Waals surface area contributed by atoms with Gasteiger partial charge in [-0.15, -0.1) is 0 Å². The molecule has 2 aliphatic rings. The summed E-state index contributed by atoms with van der Waals surface area (Å²) >= 11 is 0. The molecule has 0 bridgehead atoms. The van der Waals surface area contributed by atoms with E-state index in [9.17, 15) is 5.11 Å². The first-order valence-electron chi connectivity index (χ1n) is 6.31. The van der Waals surface area contributed by atoms with Gasteiger partial charge in [0.1, 0.15) is 5.75 Å². The van der Waals surface area contributed by atoms with Crippen LogP contribution in [0.15, 0.2) is 24.3 Å². The van der Waals surface area contributed by atoms with Gasteiger partial charge in [-0.2, -0.15) is 0 Å². The molecule has 1 aromatic carbocycles. The van der Waals surface area contributed by atoms with E-state index < -0.39 is 0 Å². The Morgan fingerprint density at radius 1 is 1.19 bits per heavy atom. The topological polar surface area (TPSA) is 23.5 Å². The number of phenolic OH excluding ortho intramolecular Hbond substituents is 1. The molecule has 1 saturated heterocycles. The number of hydrogen-bond acceptors (Lipinski definition) is 2. The summed E-state index contributed by atoms with van der Waals surface area (Å²) in [5.41, 5.74) is 1.24. The molecule has 1 aromatic rings. The number of likely N-dealkylation sites (tertiary alicyclic amines) is 1. The van der Waals surface area contributed by atoms with E-state index in [1.54, 1.807) is 6.07 Å². The lowest BCUT2D eigenvalue weighted by Gasteiger charge is -2.16. The molecule has 2 unspecified atom stereocenters. The third-order valence-corrected chi connectivity index (χ3v) is 4.12. The standard InChI is InChI=1S/C14H19NO/c16-14-6-1-3-11(7-14)8-15-9-12-4-2-5-13(12)10-15/h1,3,6-7,12-13,16H,2,4-5,8-10H2. The molecular formula is C14H19NO. The number of nitrogens with zero attached hydrogens (tertiary/aromatic N) is 1. The van der Waals surface area contributed by atoms with Crippen LogP contribution in [0.1, 0.15) is 24.8 Å². The first kappa shape index (κ1) is 10.2. The summed E-state index contributed by atoms with van der Waals surface area (Å²) < 4.78 is 0. The van der Waals surface area contributed by atoms with E-state index >= 15 is 0 Å². The van der Waals surface area contributed by atoms with Crippen LogP contribution < -0.4 is 0 Å². The zero-order valence-electron chi connectivity index (χ0n) is 9.60. The fraction of sp³-hybridized carbons (Fsp3) is 0.571. The molecule has 1 N–H and O–H groups in total. The first-order chi connectivity index (χ1) is 7.81. The predicted molar refractivity (Wildman–Crippen MR) is 64.2 cm³/mol. The average Bonchev–Trinajstić information content (AvgIpc) is 2.77. The molecule has 0 spiro atoms. The van der Waals surface area contributed by atoms with E-state index in [2.05, 4.69) is 11.0 Å². The van der Waals surface area contributed by atoms with Crippen molar-refractivity contribution in [2.75, 3.05) is 13.1 Å². The van der Waals surface area contributed by atoms with Crippen LogP contribution in [-0.4, -0.2) is 23.1 Å². The van der Waals surface area contributed by atoms with Gasteiger partial charge in [-0.3, -0.25) is 4.90 Å². The molecule has 2 fully saturated rings. The maximum Gasteiger partial charge on any atom is 0.115 e. The summed E-state index contributed by atoms with van der Waals surface area (Å²) in [6, 6.07) is 7.66. The zero-order chi connectivity index (χ0) is 11.0. The van der Waals surface area contributed by atoms with Crippen molar-refractivity contribution in [1.29, 1.82) is 0 Å². The molecule has 1 heterocycles. The number of rotatable bonds is 2. The Morgan fingerprint density at radius 2 is 1.94 bits per heavy atom. The van der Waals surface area contributed by atoms with E-state index in [4.69, 9.17) is 0 Å². The van der Waals surface area contributed by atoms with Gasteiger partial charge in [0.15, 0.2) is 0 Å². The zero-order valence-corrected chi connectivity index (χ0v) is 9.60. The van der Waals surface area contributed by atoms with Gasteiger partial charge in [0.05, 0.1) is 0 Å². The summed E-state index contributed by atoms with van der Waals surface area (Å²) in [5.74, 6) is 2.30. The highest BCUT2D eigenvalue weighted by molar-refractivity contribution is 5.27. The van der Waals surface area contributed by atoms with Gasteiger partial charge < -0.3 is 5.11 Å². The average molecular weight is 217 g/mol. The van der Waals surface area contributed by atoms with Crippen molar-refractivity contribution in [3.05, 3.63) is 29.8 Å². The van der Waals surface area contributed by atoms with Crippen molar-refractivity contribution in [3.8, 4) is 5.75 Å². The summed E-state index contributed by atoms with van der Waals surface area (Å²) in [6.45, 7) is 3.53. The first-order valence-corrected chi connectivity index (χ1v) is 6.31. The van der Waals surface area contributed by atoms with Crippen LogP contribution in [0, 0.1) is 11.8 Å². The molecule has 2 nitrogen and oxygen atoms in total. The normalized spacial score (nSPS) is 29.5. The minimum atomic E-state index is 0.386. The van der Waals surface area contributed by atoms with Gasteiger partial charge in [0.25, 0.3) is 0 Å². The highest BCUT2D eigenvalue weighted by atomic mass is 16.3. The fourth-order valence-electron chi connectivity index (χ4n) is 3.37. The molecule has 0 radical (unpaired) electrons. The maximum atomic E-state index is 9.43. The van der Waals surface area contributed by atoms with E-state index in [1.165, 1.54) is 37.9 Å². The van der Waals surface area contributed by atoms with Gasteiger partial charge in [0, 0.05) is 19.6 Å². The smallest absolute Gasteiger partial charge is 0.115 e. The SMILES string of the molecule is Oc1cccc(CN2CC3CCCC3C2)c1. The van der Waals surface area contributed by atoms with Crippen LogP contribution in [0.4, 0.5) is 0 Å². The lowest BCUT2D eigenvalue weighted by atomic mass is 10.0. The highest BCUT2D eigenvalue weighted by Crippen LogP contribution is 2.38. The van der Waals surface area contributed by atoms with Crippen LogP contribution in [0.5, 0.6) is 5.75 Å². The van der Waals surface area contributed by atoms with Crippen LogP contribution in [0.25, 0.3) is 0 Å². The Labute approximate surface area is 96.9 Å². The molecule has 0 aromatic heterocycles. The maximum absolute atomic E-state index is 9.43. The van der Waals surface area contributed by atoms with Crippen LogP contribution in [-0.2, 0) is 6.54 Å². The summed E-state index contributed by atoms with van der Waals surface area (Å²) in [7, 11) is 0. The monoisotopic (exact) mass is 217 g/mol. The molecule has 3 rings (SSSR count). The van der Waals surface area contributed by atoms with Gasteiger partial charge in [0.2, 0.25) is 0 Å². The summed E-state index contributed by atoms with van der Waals surface area (Å²) in [4.78, 5) is 2.54. The van der Waals surface area contributed by atoms with Gasteiger partial charge in [-0.25, -0.2) is 0 Å². The Morgan fingerprint density at radius 3 is 2.62 bits per heavy atom. The van der Waals surface area contributed by atoms with Crippen molar-refractivity contribution in [2.24, 2.45) is 11.8 Å². The minimum absolute atomic E-state index is 0.386. The van der Waals surface area contributed by atoms with Crippen molar-refractivity contribution in [3.63, 3.8) is 0 Å². The molecule has 0 amide bonds. The molecule has 1 aliphatic heterocycles. The largest absolute Gasteiger partial charge is 0.508 e. The van der Waals surface area contributed by atoms with Crippen molar-refractivity contribution < 1.29 is 5.11 Å². The van der Waals surface area contributed by atoms with E-state index in [1.807, 2.05) is 12.1 Å². The number of fused-ring (bicyclic) bond motifs is 1. The molecule has 2 heteroatoms. The van der Waals surface area contributed by atoms with E-state index in [-0.39, 0.29) is 0 Å². The Hall–Kier alpha value is -1.02. The fourth-order valence-corrected chi connectivity index (χ4v) is 3.37. The molecule has 1 saturated carbocycles. The number of aromatic hydroxyl groups is 1. The predicted octanol–water partition coefficient (Wildman–Crippen LogP) is 2.62. The minimum Gasteiger partial charge on any atom is -0.508 e. The lowest BCUT2D eigenvalue weighted by molar-refractivity contribution is 0.303. The van der Waals surface area contributed by atoms with E-state index in [0.717, 1.165) is 18.4 Å². The van der Waals surface area contributed by atoms with Crippen LogP contribution >= 0.6 is 0 Å². The Kier molecular flexibility index (Phi) is 2.60. The van der Waals surface area contributed by atoms with Gasteiger partial charge >= 0.3 is 0 Å². The number of phenols is 1. The quantitative estimate of drug-likeness (QED) is 0.823. The van der Waals surface area contributed by atoms with Crippen LogP contribution in [0.2, 0.25) is 0 Å². The van der Waals surface area contributed by atoms with Crippen molar-refractivity contribution in [2.45, 2.75) is 25.8 Å². The second-order valence-electron chi connectivity index (χ2n) is 5.32. The second-order valence-corrected chi connectivity index (χ2v) is 5.32. The number of benzene rings is 1. The highest BCUT2D eigenvalue weighted by Gasteiger charge is 2.35. The van der Waals surface area contributed by atoms with Crippen molar-refractivity contribution in [1.82, 2.24) is 4.90 Å². The number of hydrogen-bond donors (Lipinski definition) is 1. The summed E-state index contributed by atoms with van der Waals surface area (Å²) in [5, 5.41) is 9.43. The third-order valence-electron chi connectivity index (χ3n) is 4.12. The third kappa shape index (κ3) is 1.94. The lowest BCUT2D eigenvalue weighted by Crippen LogP contribution is -2.20. The van der Waals surface area contributed by atoms with Gasteiger partial charge in [-0.1, -0.05) is 18.6 Å². The molecule has 2 atom stereocenters. The molecular weight excluding hydrogens is 198 g/mol. The van der Waals surface area contributed by atoms with Crippen LogP contribution in [0.3, 0.4) is 0 Å². The molecule has 1 aliphatic carbocycles. The summed E-state index contributed by atoms with van der Waals surface area (Å²) in [6.07, 6.45) is 4.30. The molecule has 86 valence electrons. The second kappa shape index (κ2) is 4.10. The van der Waals surface area contributed by atoms with E-state index in [0.29, 0.717) is 5.75 Å². The van der Waals surface area contributed by atoms with Crippen molar-refractivity contribution >= 4 is 0 Å². The molecule has 16 heavy (non-hydrogen) atoms. The van der Waals surface area contributed by atoms with Gasteiger partial charge in [-0.05, 0) is 42.4 Å². The Balaban J connectivity index is 1.64. The Bertz CT molecular complexity index is 365.